The van der Waals surface area contributed by atoms with Gasteiger partial charge in [0.05, 0.1) is 9.90 Å². The van der Waals surface area contributed by atoms with Crippen LogP contribution in [0.2, 0.25) is 5.02 Å². The number of nitrogens with one attached hydrogen (secondary N) is 1. The summed E-state index contributed by atoms with van der Waals surface area (Å²) in [4.78, 5) is 23.3. The molecule has 0 radical (unpaired) electrons. The minimum Gasteiger partial charge on any atom is -0.479 e. The van der Waals surface area contributed by atoms with Gasteiger partial charge < -0.3 is 10.4 Å². The molecule has 0 aliphatic rings. The number of amides is 1. The number of allylic oxidation sites excluding steroid dienone is 1. The standard InChI is InChI=1S/C13H16ClNO3S/c1-13(2,3)5-4-9(12(17)18)15-11(16)10-6-8(14)7-19-10/h4-7,9H,1-3H3,(H,15,16)(H,17,18)/b5-4+/t9-/m1/s1. The maximum Gasteiger partial charge on any atom is 0.330 e. The number of aliphatic carboxylic acids is 1. The molecule has 0 saturated carbocycles. The maximum atomic E-state index is 11.8. The normalized spacial score (nSPS) is 13.5. The number of carboxylic acid groups (broad SMARTS) is 1. The highest BCUT2D eigenvalue weighted by atomic mass is 35.5. The number of hydrogen-bond donors (Lipinski definition) is 2. The zero-order valence-electron chi connectivity index (χ0n) is 10.9. The quantitative estimate of drug-likeness (QED) is 0.839. The van der Waals surface area contributed by atoms with Crippen LogP contribution < -0.4 is 5.32 Å². The van der Waals surface area contributed by atoms with E-state index in [9.17, 15) is 9.59 Å². The minimum atomic E-state index is -1.10. The van der Waals surface area contributed by atoms with Crippen molar-refractivity contribution in [1.82, 2.24) is 5.32 Å². The molecule has 104 valence electrons. The fourth-order valence-electron chi connectivity index (χ4n) is 1.22. The van der Waals surface area contributed by atoms with Crippen molar-refractivity contribution in [3.8, 4) is 0 Å². The van der Waals surface area contributed by atoms with Gasteiger partial charge in [-0.2, -0.15) is 0 Å². The highest BCUT2D eigenvalue weighted by Gasteiger charge is 2.19. The van der Waals surface area contributed by atoms with Crippen LogP contribution in [-0.2, 0) is 4.79 Å². The number of carbonyl (C=O) groups excluding carboxylic acids is 1. The van der Waals surface area contributed by atoms with E-state index in [0.717, 1.165) is 0 Å². The average Bonchev–Trinajstić information content (AvgIpc) is 2.69. The van der Waals surface area contributed by atoms with Crippen molar-refractivity contribution in [2.45, 2.75) is 26.8 Å². The Morgan fingerprint density at radius 2 is 2.11 bits per heavy atom. The first kappa shape index (κ1) is 15.7. The molecule has 0 spiro atoms. The second kappa shape index (κ2) is 6.21. The second-order valence-electron chi connectivity index (χ2n) is 5.14. The van der Waals surface area contributed by atoms with E-state index in [4.69, 9.17) is 16.7 Å². The Kier molecular flexibility index (Phi) is 5.14. The zero-order chi connectivity index (χ0) is 14.6. The average molecular weight is 302 g/mol. The fourth-order valence-corrected chi connectivity index (χ4v) is 2.20. The Morgan fingerprint density at radius 1 is 1.47 bits per heavy atom. The minimum absolute atomic E-state index is 0.148. The van der Waals surface area contributed by atoms with Gasteiger partial charge in [0, 0.05) is 5.38 Å². The van der Waals surface area contributed by atoms with E-state index < -0.39 is 17.9 Å². The first-order chi connectivity index (χ1) is 8.69. The Bertz CT molecular complexity index is 502. The Labute approximate surface area is 121 Å². The lowest BCUT2D eigenvalue weighted by atomic mass is 9.95. The Hall–Kier alpha value is -1.33. The van der Waals surface area contributed by atoms with Gasteiger partial charge in [0.2, 0.25) is 0 Å². The molecule has 0 unspecified atom stereocenters. The van der Waals surface area contributed by atoms with Crippen LogP contribution in [0.25, 0.3) is 0 Å². The predicted octanol–water partition coefficient (Wildman–Crippen LogP) is 3.19. The molecule has 1 aromatic rings. The molecule has 6 heteroatoms. The van der Waals surface area contributed by atoms with Crippen molar-refractivity contribution in [2.24, 2.45) is 5.41 Å². The number of rotatable bonds is 4. The van der Waals surface area contributed by atoms with Crippen molar-refractivity contribution >= 4 is 34.8 Å². The number of thiophene rings is 1. The van der Waals surface area contributed by atoms with Crippen LogP contribution in [0, 0.1) is 5.41 Å². The van der Waals surface area contributed by atoms with Crippen molar-refractivity contribution in [3.05, 3.63) is 33.5 Å². The Balaban J connectivity index is 2.77. The van der Waals surface area contributed by atoms with Gasteiger partial charge in [-0.15, -0.1) is 11.3 Å². The molecule has 0 fully saturated rings. The van der Waals surface area contributed by atoms with Crippen LogP contribution in [0.15, 0.2) is 23.6 Å². The number of hydrogen-bond acceptors (Lipinski definition) is 3. The highest BCUT2D eigenvalue weighted by molar-refractivity contribution is 7.12. The third kappa shape index (κ3) is 5.44. The summed E-state index contributed by atoms with van der Waals surface area (Å²) in [5, 5.41) is 13.6. The van der Waals surface area contributed by atoms with Crippen molar-refractivity contribution in [1.29, 1.82) is 0 Å². The third-order valence-electron chi connectivity index (χ3n) is 2.13. The molecule has 1 aromatic heterocycles. The monoisotopic (exact) mass is 301 g/mol. The second-order valence-corrected chi connectivity index (χ2v) is 6.49. The molecule has 1 amide bonds. The van der Waals surface area contributed by atoms with Crippen LogP contribution in [-0.4, -0.2) is 23.0 Å². The Morgan fingerprint density at radius 3 is 2.53 bits per heavy atom. The summed E-state index contributed by atoms with van der Waals surface area (Å²) >= 11 is 6.90. The summed E-state index contributed by atoms with van der Waals surface area (Å²) in [5.74, 6) is -1.54. The van der Waals surface area contributed by atoms with Gasteiger partial charge in [0.15, 0.2) is 0 Å². The smallest absolute Gasteiger partial charge is 0.330 e. The van der Waals surface area contributed by atoms with Gasteiger partial charge in [-0.05, 0) is 11.5 Å². The molecular formula is C13H16ClNO3S. The topological polar surface area (TPSA) is 66.4 Å². The lowest BCUT2D eigenvalue weighted by Gasteiger charge is -2.14. The van der Waals surface area contributed by atoms with Crippen LogP contribution in [0.3, 0.4) is 0 Å². The lowest BCUT2D eigenvalue weighted by molar-refractivity contribution is -0.137. The molecule has 0 bridgehead atoms. The molecule has 0 aliphatic carbocycles. The fraction of sp³-hybridized carbons (Fsp3) is 0.385. The van der Waals surface area contributed by atoms with E-state index in [-0.39, 0.29) is 5.41 Å². The predicted molar refractivity (Wildman–Crippen MR) is 76.8 cm³/mol. The van der Waals surface area contributed by atoms with Crippen LogP contribution >= 0.6 is 22.9 Å². The molecule has 0 aliphatic heterocycles. The summed E-state index contributed by atoms with van der Waals surface area (Å²) in [6.07, 6.45) is 3.24. The van der Waals surface area contributed by atoms with Crippen LogP contribution in [0.5, 0.6) is 0 Å². The van der Waals surface area contributed by atoms with E-state index in [1.807, 2.05) is 20.8 Å². The van der Waals surface area contributed by atoms with E-state index >= 15 is 0 Å². The maximum absolute atomic E-state index is 11.8. The van der Waals surface area contributed by atoms with E-state index in [0.29, 0.717) is 9.90 Å². The van der Waals surface area contributed by atoms with Crippen molar-refractivity contribution in [3.63, 3.8) is 0 Å². The molecular weight excluding hydrogens is 286 g/mol. The van der Waals surface area contributed by atoms with Crippen LogP contribution in [0.4, 0.5) is 0 Å². The summed E-state index contributed by atoms with van der Waals surface area (Å²) in [6, 6.07) is 0.459. The molecule has 19 heavy (non-hydrogen) atoms. The summed E-state index contributed by atoms with van der Waals surface area (Å²) < 4.78 is 0. The van der Waals surface area contributed by atoms with E-state index in [1.54, 1.807) is 11.5 Å². The van der Waals surface area contributed by atoms with E-state index in [1.165, 1.54) is 23.5 Å². The molecule has 1 atom stereocenters. The van der Waals surface area contributed by atoms with Crippen molar-refractivity contribution in [2.75, 3.05) is 0 Å². The number of carboxylic acids is 1. The van der Waals surface area contributed by atoms with Crippen LogP contribution in [0.1, 0.15) is 30.4 Å². The van der Waals surface area contributed by atoms with Gasteiger partial charge in [-0.3, -0.25) is 4.79 Å². The molecule has 0 aromatic carbocycles. The van der Waals surface area contributed by atoms with E-state index in [2.05, 4.69) is 5.32 Å². The molecule has 0 saturated heterocycles. The summed E-state index contributed by atoms with van der Waals surface area (Å²) in [5.41, 5.74) is -0.148. The SMILES string of the molecule is CC(C)(C)/C=C/[C@@H](NC(=O)c1cc(Cl)cs1)C(=O)O. The molecule has 1 heterocycles. The zero-order valence-corrected chi connectivity index (χ0v) is 12.5. The van der Waals surface area contributed by atoms with Gasteiger partial charge in [-0.1, -0.05) is 44.5 Å². The largest absolute Gasteiger partial charge is 0.479 e. The van der Waals surface area contributed by atoms with Gasteiger partial charge in [0.25, 0.3) is 5.91 Å². The molecule has 2 N–H and O–H groups in total. The number of halogens is 1. The van der Waals surface area contributed by atoms with Crippen molar-refractivity contribution < 1.29 is 14.7 Å². The van der Waals surface area contributed by atoms with Gasteiger partial charge in [0.1, 0.15) is 6.04 Å². The first-order valence-corrected chi connectivity index (χ1v) is 6.92. The summed E-state index contributed by atoms with van der Waals surface area (Å²) in [6.45, 7) is 5.84. The van der Waals surface area contributed by atoms with Gasteiger partial charge in [-0.25, -0.2) is 4.79 Å². The third-order valence-corrected chi connectivity index (χ3v) is 3.41. The first-order valence-electron chi connectivity index (χ1n) is 5.66. The van der Waals surface area contributed by atoms with Gasteiger partial charge >= 0.3 is 5.97 Å². The molecule has 1 rings (SSSR count). The number of carbonyl (C=O) groups is 2. The lowest BCUT2D eigenvalue weighted by Crippen LogP contribution is -2.39. The molecule has 4 nitrogen and oxygen atoms in total. The highest BCUT2D eigenvalue weighted by Crippen LogP contribution is 2.19. The summed E-state index contributed by atoms with van der Waals surface area (Å²) in [7, 11) is 0.